The molecule has 3 N–H and O–H groups in total. The zero-order valence-corrected chi connectivity index (χ0v) is 18.5. The summed E-state index contributed by atoms with van der Waals surface area (Å²) in [7, 11) is -2.68. The highest BCUT2D eigenvalue weighted by Gasteiger charge is 2.28. The Hall–Kier alpha value is -2.85. The van der Waals surface area contributed by atoms with E-state index in [-0.39, 0.29) is 0 Å². The maximum atomic E-state index is 10.2. The molecule has 3 heterocycles. The molecule has 0 radical (unpaired) electrons. The van der Waals surface area contributed by atoms with Crippen LogP contribution in [-0.4, -0.2) is 57.7 Å². The van der Waals surface area contributed by atoms with Crippen molar-refractivity contribution in [3.63, 3.8) is 0 Å². The summed E-state index contributed by atoms with van der Waals surface area (Å²) in [5, 5.41) is 3.27. The molecule has 9 heteroatoms. The van der Waals surface area contributed by atoms with Crippen LogP contribution in [0.2, 0.25) is 0 Å². The van der Waals surface area contributed by atoms with Crippen LogP contribution in [0.3, 0.4) is 0 Å². The quantitative estimate of drug-likeness (QED) is 0.516. The monoisotopic (exact) mass is 453 g/mol. The van der Waals surface area contributed by atoms with E-state index < -0.39 is 10.8 Å². The van der Waals surface area contributed by atoms with Crippen molar-refractivity contribution < 1.29 is 13.8 Å². The van der Waals surface area contributed by atoms with Crippen molar-refractivity contribution in [2.75, 3.05) is 53.1 Å². The van der Waals surface area contributed by atoms with E-state index in [0.29, 0.717) is 18.2 Å². The number of hydrogen-bond acceptors (Lipinski definition) is 8. The number of nitrogens with zero attached hydrogens (tertiary/aromatic N) is 4. The second kappa shape index (κ2) is 8.95. The highest BCUT2D eigenvalue weighted by molar-refractivity contribution is 8.25. The third-order valence-corrected chi connectivity index (χ3v) is 7.67. The van der Waals surface area contributed by atoms with Gasteiger partial charge in [-0.1, -0.05) is 12.1 Å². The molecule has 2 aliphatic heterocycles. The Labute approximate surface area is 189 Å². The molecule has 0 aliphatic carbocycles. The Morgan fingerprint density at radius 2 is 1.59 bits per heavy atom. The van der Waals surface area contributed by atoms with Crippen LogP contribution in [0, 0.1) is 0 Å². The van der Waals surface area contributed by atoms with Crippen LogP contribution in [0.15, 0.2) is 60.8 Å². The maximum Gasteiger partial charge on any atom is 0.227 e. The van der Waals surface area contributed by atoms with Crippen molar-refractivity contribution in [3.05, 3.63) is 60.8 Å². The third-order valence-electron chi connectivity index (χ3n) is 5.74. The minimum Gasteiger partial charge on any atom is -0.378 e. The molecule has 3 aromatic rings. The van der Waals surface area contributed by atoms with Gasteiger partial charge in [0.05, 0.1) is 30.3 Å². The first-order valence-corrected chi connectivity index (χ1v) is 12.4. The molecule has 168 valence electrons. The van der Waals surface area contributed by atoms with Gasteiger partial charge in [0.25, 0.3) is 0 Å². The Morgan fingerprint density at radius 1 is 0.875 bits per heavy atom. The predicted molar refractivity (Wildman–Crippen MR) is 130 cm³/mol. The van der Waals surface area contributed by atoms with Crippen molar-refractivity contribution in [2.24, 2.45) is 0 Å². The number of hydrogen-bond donors (Lipinski definition) is 3. The fourth-order valence-corrected chi connectivity index (χ4v) is 5.66. The van der Waals surface area contributed by atoms with E-state index in [0.717, 1.165) is 55.4 Å². The Morgan fingerprint density at radius 3 is 2.28 bits per heavy atom. The van der Waals surface area contributed by atoms with Gasteiger partial charge in [-0.3, -0.25) is 13.4 Å². The molecule has 5 rings (SSSR count). The molecule has 0 spiro atoms. The molecule has 0 saturated carbocycles. The summed E-state index contributed by atoms with van der Waals surface area (Å²) in [6, 6.07) is 17.8. The Kier molecular flexibility index (Phi) is 5.88. The highest BCUT2D eigenvalue weighted by atomic mass is 32.3. The molecule has 0 atom stereocenters. The summed E-state index contributed by atoms with van der Waals surface area (Å²) in [6.45, 7) is 4.01. The van der Waals surface area contributed by atoms with Gasteiger partial charge in [0.2, 0.25) is 5.95 Å². The van der Waals surface area contributed by atoms with E-state index in [9.17, 15) is 9.11 Å². The summed E-state index contributed by atoms with van der Waals surface area (Å²) in [5.41, 5.74) is 4.67. The number of aromatic nitrogens is 2. The van der Waals surface area contributed by atoms with Gasteiger partial charge < -0.3 is 15.0 Å². The largest absolute Gasteiger partial charge is 0.378 e. The fourth-order valence-electron chi connectivity index (χ4n) is 4.04. The summed E-state index contributed by atoms with van der Waals surface area (Å²) < 4.78 is 27.5. The molecule has 0 bridgehead atoms. The van der Waals surface area contributed by atoms with Crippen molar-refractivity contribution in [2.45, 2.75) is 6.42 Å². The van der Waals surface area contributed by atoms with E-state index in [1.54, 1.807) is 10.5 Å². The van der Waals surface area contributed by atoms with E-state index in [4.69, 9.17) is 4.74 Å². The van der Waals surface area contributed by atoms with Crippen LogP contribution < -0.4 is 14.5 Å². The van der Waals surface area contributed by atoms with Gasteiger partial charge in [-0.05, 0) is 48.9 Å². The average Bonchev–Trinajstić information content (AvgIpc) is 3.19. The van der Waals surface area contributed by atoms with Crippen LogP contribution in [0.1, 0.15) is 6.42 Å². The molecule has 2 fully saturated rings. The second-order valence-corrected chi connectivity index (χ2v) is 9.99. The number of anilines is 4. The van der Waals surface area contributed by atoms with Gasteiger partial charge in [-0.15, -0.1) is 10.8 Å². The van der Waals surface area contributed by atoms with Gasteiger partial charge >= 0.3 is 0 Å². The minimum atomic E-state index is -2.68. The van der Waals surface area contributed by atoms with E-state index >= 15 is 0 Å². The van der Waals surface area contributed by atoms with E-state index in [1.165, 1.54) is 5.69 Å². The molecule has 8 nitrogen and oxygen atoms in total. The van der Waals surface area contributed by atoms with Crippen LogP contribution in [0.25, 0.3) is 11.3 Å². The Balaban J connectivity index is 1.28. The van der Waals surface area contributed by atoms with Crippen molar-refractivity contribution in [1.29, 1.82) is 0 Å². The molecule has 2 aliphatic rings. The van der Waals surface area contributed by atoms with Crippen LogP contribution in [0.5, 0.6) is 0 Å². The van der Waals surface area contributed by atoms with Gasteiger partial charge in [-0.2, -0.15) is 0 Å². The van der Waals surface area contributed by atoms with E-state index in [1.807, 2.05) is 42.5 Å². The number of nitrogens with one attached hydrogen (secondary N) is 1. The summed E-state index contributed by atoms with van der Waals surface area (Å²) >= 11 is 0. The molecular weight excluding hydrogens is 426 g/mol. The lowest BCUT2D eigenvalue weighted by Gasteiger charge is -2.38. The maximum absolute atomic E-state index is 10.2. The lowest BCUT2D eigenvalue weighted by molar-refractivity contribution is 0.122. The smallest absolute Gasteiger partial charge is 0.227 e. The summed E-state index contributed by atoms with van der Waals surface area (Å²) in [6.07, 6.45) is 2.52. The number of morpholine rings is 1. The number of ether oxygens (including phenoxy) is 1. The highest BCUT2D eigenvalue weighted by Crippen LogP contribution is 2.51. The SMILES string of the molecule is OS1(O)CCCN1c1ccc(-c2ccnc(Nc3ccc(N4CCOCC4)cc3)n2)cc1. The normalized spacial score (nSPS) is 19.1. The molecular formula is C23H27N5O3S. The summed E-state index contributed by atoms with van der Waals surface area (Å²) in [4.78, 5) is 11.3. The van der Waals surface area contributed by atoms with Crippen LogP contribution >= 0.6 is 10.8 Å². The number of benzene rings is 2. The zero-order chi connectivity index (χ0) is 22.0. The second-order valence-electron chi connectivity index (χ2n) is 7.88. The van der Waals surface area contributed by atoms with Crippen molar-refractivity contribution in [1.82, 2.24) is 9.97 Å². The fraction of sp³-hybridized carbons (Fsp3) is 0.304. The Bertz CT molecular complexity index is 1060. The average molecular weight is 454 g/mol. The third kappa shape index (κ3) is 4.51. The van der Waals surface area contributed by atoms with Gasteiger partial charge in [-0.25, -0.2) is 9.97 Å². The van der Waals surface area contributed by atoms with Crippen molar-refractivity contribution in [3.8, 4) is 11.3 Å². The van der Waals surface area contributed by atoms with Crippen LogP contribution in [0.4, 0.5) is 23.0 Å². The number of rotatable bonds is 5. The summed E-state index contributed by atoms with van der Waals surface area (Å²) in [5.74, 6) is 0.961. The first-order valence-electron chi connectivity index (χ1n) is 10.8. The standard InChI is InChI=1S/C23H27N5O3S/c29-32(30)17-1-12-28(32)21-6-2-18(3-7-21)22-10-11-24-23(26-22)25-19-4-8-20(9-5-19)27-13-15-31-16-14-27/h2-11,29-30H,1,12-17H2,(H,24,25,26). The lowest BCUT2D eigenvalue weighted by Crippen LogP contribution is -2.36. The molecule has 2 saturated heterocycles. The topological polar surface area (TPSA) is 94.0 Å². The van der Waals surface area contributed by atoms with Crippen LogP contribution in [-0.2, 0) is 4.74 Å². The van der Waals surface area contributed by atoms with Gasteiger partial charge in [0.15, 0.2) is 0 Å². The van der Waals surface area contributed by atoms with Gasteiger partial charge in [0, 0.05) is 42.8 Å². The molecule has 0 unspecified atom stereocenters. The predicted octanol–water partition coefficient (Wildman–Crippen LogP) is 4.60. The van der Waals surface area contributed by atoms with Gasteiger partial charge in [0.1, 0.15) is 0 Å². The molecule has 32 heavy (non-hydrogen) atoms. The molecule has 0 amide bonds. The minimum absolute atomic E-state index is 0.434. The lowest BCUT2D eigenvalue weighted by atomic mass is 10.1. The first kappa shape index (κ1) is 21.0. The zero-order valence-electron chi connectivity index (χ0n) is 17.7. The van der Waals surface area contributed by atoms with Crippen molar-refractivity contribution >= 4 is 33.8 Å². The van der Waals surface area contributed by atoms with E-state index in [2.05, 4.69) is 32.3 Å². The first-order chi connectivity index (χ1) is 15.6. The molecule has 1 aromatic heterocycles. The molecule has 2 aromatic carbocycles.